The zero-order valence-electron chi connectivity index (χ0n) is 19.8. The van der Waals surface area contributed by atoms with E-state index in [1.807, 2.05) is 0 Å². The molecule has 0 radical (unpaired) electrons. The van der Waals surface area contributed by atoms with Gasteiger partial charge in [0.15, 0.2) is 5.82 Å². The molecule has 2 N–H and O–H groups in total. The van der Waals surface area contributed by atoms with E-state index in [-0.39, 0.29) is 44.2 Å². The van der Waals surface area contributed by atoms with Gasteiger partial charge in [-0.15, -0.1) is 0 Å². The van der Waals surface area contributed by atoms with Crippen LogP contribution in [0.5, 0.6) is 6.01 Å². The number of nitrogens with one attached hydrogen (secondary N) is 1. The summed E-state index contributed by atoms with van der Waals surface area (Å²) in [5.74, 6) is -0.0608. The number of carbonyl (C=O) groups excluding carboxylic acids is 1. The Bertz CT molecular complexity index is 1160. The highest BCUT2D eigenvalue weighted by Gasteiger charge is 2.41. The number of benzene rings is 1. The molecule has 3 heterocycles. The fourth-order valence-electron chi connectivity index (χ4n) is 3.71. The van der Waals surface area contributed by atoms with E-state index < -0.39 is 11.7 Å². The first-order valence-electron chi connectivity index (χ1n) is 11.2. The van der Waals surface area contributed by atoms with Crippen molar-refractivity contribution < 1.29 is 28.5 Å². The molecule has 1 fully saturated rings. The number of rotatable bonds is 8. The largest absolute Gasteiger partial charge is 0.463 e. The van der Waals surface area contributed by atoms with Crippen LogP contribution >= 0.6 is 0 Å². The van der Waals surface area contributed by atoms with Gasteiger partial charge in [0.2, 0.25) is 12.2 Å². The fraction of sp³-hybridized carbons (Fsp3) is 0.417. The smallest absolute Gasteiger partial charge is 0.316 e. The van der Waals surface area contributed by atoms with E-state index in [0.29, 0.717) is 34.9 Å². The summed E-state index contributed by atoms with van der Waals surface area (Å²) in [6.07, 6.45) is 1.18. The Morgan fingerprint density at radius 3 is 2.60 bits per heavy atom. The van der Waals surface area contributed by atoms with Crippen LogP contribution in [0, 0.1) is 11.2 Å². The Morgan fingerprint density at radius 1 is 1.23 bits per heavy atom. The predicted molar refractivity (Wildman–Crippen MR) is 124 cm³/mol. The monoisotopic (exact) mass is 485 g/mol. The van der Waals surface area contributed by atoms with E-state index in [0.717, 1.165) is 0 Å². The van der Waals surface area contributed by atoms with Crippen LogP contribution < -0.4 is 4.74 Å². The van der Waals surface area contributed by atoms with Gasteiger partial charge >= 0.3 is 6.01 Å². The highest BCUT2D eigenvalue weighted by atomic mass is 19.1. The number of aliphatic hydroxyl groups is 1. The number of hydrogen-bond acceptors (Lipinski definition) is 8. The number of aromatic nitrogens is 4. The van der Waals surface area contributed by atoms with Crippen molar-refractivity contribution in [1.29, 1.82) is 0 Å². The number of aromatic amines is 1. The van der Waals surface area contributed by atoms with Crippen molar-refractivity contribution in [3.63, 3.8) is 0 Å². The third kappa shape index (κ3) is 5.47. The Hall–Kier alpha value is -3.41. The normalized spacial score (nSPS) is 20.0. The van der Waals surface area contributed by atoms with Crippen LogP contribution in [-0.2, 0) is 14.3 Å². The summed E-state index contributed by atoms with van der Waals surface area (Å²) in [7, 11) is 3.38. The van der Waals surface area contributed by atoms with E-state index in [4.69, 9.17) is 19.3 Å². The van der Waals surface area contributed by atoms with E-state index in [1.165, 1.54) is 17.0 Å². The standard InChI is InChI=1S/C24H28FN5O5/c1-24(22(32)30(2)3)13-34-21(35-14-24)20-28-18(15-5-7-16(25)8-6-15)19(29-20)17-9-10-26-23(27-17)33-12-4-11-31/h5-10,21,31H,4,11-14H2,1-3H3,(H,28,29). The molecule has 1 aliphatic rings. The van der Waals surface area contributed by atoms with Crippen molar-refractivity contribution in [2.24, 2.45) is 5.41 Å². The topological polar surface area (TPSA) is 123 Å². The Balaban J connectivity index is 1.65. The average molecular weight is 486 g/mol. The van der Waals surface area contributed by atoms with Crippen molar-refractivity contribution in [3.05, 3.63) is 48.2 Å². The van der Waals surface area contributed by atoms with Crippen LogP contribution in [0.2, 0.25) is 0 Å². The molecule has 0 aliphatic carbocycles. The summed E-state index contributed by atoms with van der Waals surface area (Å²) in [4.78, 5) is 30.5. The zero-order chi connectivity index (χ0) is 25.0. The van der Waals surface area contributed by atoms with Gasteiger partial charge < -0.3 is 29.2 Å². The number of imidazole rings is 1. The molecule has 0 spiro atoms. The first-order chi connectivity index (χ1) is 16.8. The Kier molecular flexibility index (Phi) is 7.39. The molecule has 2 aromatic heterocycles. The fourth-order valence-corrected chi connectivity index (χ4v) is 3.71. The summed E-state index contributed by atoms with van der Waals surface area (Å²) in [6, 6.07) is 7.78. The molecular weight excluding hydrogens is 457 g/mol. The SMILES string of the molecule is CN(C)C(=O)C1(C)COC(c2nc(-c3ccc(F)cc3)c(-c3ccnc(OCCCO)n3)[nH]2)OC1. The lowest BCUT2D eigenvalue weighted by molar-refractivity contribution is -0.233. The van der Waals surface area contributed by atoms with Crippen molar-refractivity contribution in [2.45, 2.75) is 19.6 Å². The maximum atomic E-state index is 13.6. The van der Waals surface area contributed by atoms with Crippen LogP contribution in [0.4, 0.5) is 4.39 Å². The van der Waals surface area contributed by atoms with Gasteiger partial charge in [-0.05, 0) is 37.3 Å². The van der Waals surface area contributed by atoms with Gasteiger partial charge in [0.1, 0.15) is 5.82 Å². The second-order valence-corrected chi connectivity index (χ2v) is 8.72. The molecule has 1 amide bonds. The third-order valence-electron chi connectivity index (χ3n) is 5.52. The van der Waals surface area contributed by atoms with Gasteiger partial charge in [0.25, 0.3) is 0 Å². The first-order valence-corrected chi connectivity index (χ1v) is 11.2. The first kappa shape index (κ1) is 24.7. The number of carbonyl (C=O) groups is 1. The van der Waals surface area contributed by atoms with E-state index in [1.54, 1.807) is 45.4 Å². The van der Waals surface area contributed by atoms with Gasteiger partial charge in [0.05, 0.1) is 42.3 Å². The Labute approximate surface area is 202 Å². The molecule has 10 nitrogen and oxygen atoms in total. The molecule has 0 bridgehead atoms. The maximum Gasteiger partial charge on any atom is 0.316 e. The number of hydrogen-bond donors (Lipinski definition) is 2. The molecule has 35 heavy (non-hydrogen) atoms. The Morgan fingerprint density at radius 2 is 1.94 bits per heavy atom. The summed E-state index contributed by atoms with van der Waals surface area (Å²) in [5, 5.41) is 8.97. The molecule has 0 atom stereocenters. The second kappa shape index (κ2) is 10.5. The van der Waals surface area contributed by atoms with Gasteiger partial charge in [-0.25, -0.2) is 14.4 Å². The molecule has 186 valence electrons. The zero-order valence-corrected chi connectivity index (χ0v) is 19.8. The summed E-state index contributed by atoms with van der Waals surface area (Å²) >= 11 is 0. The summed E-state index contributed by atoms with van der Waals surface area (Å²) in [6.45, 7) is 2.38. The molecule has 1 aliphatic heterocycles. The molecule has 3 aromatic rings. The number of amides is 1. The molecular formula is C24H28FN5O5. The minimum atomic E-state index is -0.826. The van der Waals surface area contributed by atoms with Crippen LogP contribution in [0.25, 0.3) is 22.6 Å². The van der Waals surface area contributed by atoms with Crippen molar-refractivity contribution >= 4 is 5.91 Å². The number of halogens is 1. The van der Waals surface area contributed by atoms with Crippen LogP contribution in [0.15, 0.2) is 36.5 Å². The van der Waals surface area contributed by atoms with Crippen molar-refractivity contribution in [1.82, 2.24) is 24.8 Å². The van der Waals surface area contributed by atoms with Gasteiger partial charge in [-0.1, -0.05) is 0 Å². The number of nitrogens with zero attached hydrogens (tertiary/aromatic N) is 4. The number of aliphatic hydroxyl groups excluding tert-OH is 1. The third-order valence-corrected chi connectivity index (χ3v) is 5.52. The van der Waals surface area contributed by atoms with E-state index in [2.05, 4.69) is 19.9 Å². The van der Waals surface area contributed by atoms with Gasteiger partial charge in [-0.2, -0.15) is 4.98 Å². The lowest BCUT2D eigenvalue weighted by Gasteiger charge is -2.36. The number of H-pyrrole nitrogens is 1. The van der Waals surface area contributed by atoms with Crippen LogP contribution in [0.3, 0.4) is 0 Å². The lowest BCUT2D eigenvalue weighted by atomic mass is 9.90. The second-order valence-electron chi connectivity index (χ2n) is 8.72. The minimum absolute atomic E-state index is 0.00110. The van der Waals surface area contributed by atoms with Crippen molar-refractivity contribution in [3.8, 4) is 28.7 Å². The molecule has 0 unspecified atom stereocenters. The molecule has 11 heteroatoms. The van der Waals surface area contributed by atoms with Crippen molar-refractivity contribution in [2.75, 3.05) is 40.5 Å². The van der Waals surface area contributed by atoms with Gasteiger partial charge in [0, 0.05) is 38.9 Å². The quantitative estimate of drug-likeness (QED) is 0.467. The average Bonchev–Trinajstić information content (AvgIpc) is 3.30. The van der Waals surface area contributed by atoms with E-state index in [9.17, 15) is 9.18 Å². The van der Waals surface area contributed by atoms with E-state index >= 15 is 0 Å². The molecule has 0 saturated carbocycles. The highest BCUT2D eigenvalue weighted by Crippen LogP contribution is 2.36. The highest BCUT2D eigenvalue weighted by molar-refractivity contribution is 5.82. The predicted octanol–water partition coefficient (Wildman–Crippen LogP) is 2.57. The maximum absolute atomic E-state index is 13.6. The van der Waals surface area contributed by atoms with Crippen LogP contribution in [0.1, 0.15) is 25.5 Å². The minimum Gasteiger partial charge on any atom is -0.463 e. The summed E-state index contributed by atoms with van der Waals surface area (Å²) < 4.78 is 30.9. The van der Waals surface area contributed by atoms with Crippen LogP contribution in [-0.4, -0.2) is 76.4 Å². The molecule has 1 aromatic carbocycles. The summed E-state index contributed by atoms with van der Waals surface area (Å²) in [5.41, 5.74) is 1.42. The molecule has 1 saturated heterocycles. The number of ether oxygens (including phenoxy) is 3. The van der Waals surface area contributed by atoms with Gasteiger partial charge in [-0.3, -0.25) is 4.79 Å². The molecule has 4 rings (SSSR count). The lowest BCUT2D eigenvalue weighted by Crippen LogP contribution is -2.48.